The predicted molar refractivity (Wildman–Crippen MR) is 61.1 cm³/mol. The summed E-state index contributed by atoms with van der Waals surface area (Å²) < 4.78 is 0. The Balaban J connectivity index is 1.94. The molecule has 3 N–H and O–H groups in total. The first-order chi connectivity index (χ1) is 7.36. The zero-order valence-corrected chi connectivity index (χ0v) is 9.74. The van der Waals surface area contributed by atoms with E-state index in [1.165, 1.54) is 32.5 Å². The van der Waals surface area contributed by atoms with E-state index < -0.39 is 0 Å². The van der Waals surface area contributed by atoms with Gasteiger partial charge in [-0.3, -0.25) is 5.43 Å². The molecule has 0 bridgehead atoms. The van der Waals surface area contributed by atoms with Gasteiger partial charge in [-0.2, -0.15) is 0 Å². The standard InChI is InChI=1S/C10H24N4O/c1-12-14-8-6-13(7-9-14)5-3-2-4-10-15-11/h12H,2-11H2,1H3. The van der Waals surface area contributed by atoms with Crippen LogP contribution in [0.2, 0.25) is 0 Å². The van der Waals surface area contributed by atoms with Crippen molar-refractivity contribution in [2.75, 3.05) is 46.4 Å². The predicted octanol–water partition coefficient (Wildman–Crippen LogP) is -0.201. The van der Waals surface area contributed by atoms with E-state index in [1.807, 2.05) is 7.05 Å². The molecule has 0 atom stereocenters. The van der Waals surface area contributed by atoms with Gasteiger partial charge >= 0.3 is 0 Å². The molecule has 1 heterocycles. The quantitative estimate of drug-likeness (QED) is 0.456. The fraction of sp³-hybridized carbons (Fsp3) is 1.00. The van der Waals surface area contributed by atoms with Crippen molar-refractivity contribution in [2.24, 2.45) is 5.90 Å². The average Bonchev–Trinajstić information content (AvgIpc) is 2.30. The van der Waals surface area contributed by atoms with E-state index in [1.54, 1.807) is 0 Å². The molecule has 5 nitrogen and oxygen atoms in total. The molecule has 1 aliphatic rings. The van der Waals surface area contributed by atoms with Crippen LogP contribution in [0.4, 0.5) is 0 Å². The largest absolute Gasteiger partial charge is 0.305 e. The van der Waals surface area contributed by atoms with Crippen molar-refractivity contribution in [3.63, 3.8) is 0 Å². The van der Waals surface area contributed by atoms with Crippen LogP contribution in [0.1, 0.15) is 19.3 Å². The highest BCUT2D eigenvalue weighted by atomic mass is 16.6. The molecule has 1 aliphatic heterocycles. The molecule has 1 fully saturated rings. The molecule has 90 valence electrons. The fourth-order valence-corrected chi connectivity index (χ4v) is 1.89. The van der Waals surface area contributed by atoms with E-state index in [0.29, 0.717) is 6.61 Å². The average molecular weight is 216 g/mol. The molecule has 1 rings (SSSR count). The van der Waals surface area contributed by atoms with Crippen LogP contribution >= 0.6 is 0 Å². The summed E-state index contributed by atoms with van der Waals surface area (Å²) in [5, 5.41) is 2.26. The molecule has 1 saturated heterocycles. The van der Waals surface area contributed by atoms with Crippen LogP contribution in [0.25, 0.3) is 0 Å². The maximum atomic E-state index is 4.96. The highest BCUT2D eigenvalue weighted by molar-refractivity contribution is 4.68. The van der Waals surface area contributed by atoms with Gasteiger partial charge in [-0.15, -0.1) is 0 Å². The Bertz CT molecular complexity index is 148. The summed E-state index contributed by atoms with van der Waals surface area (Å²) >= 11 is 0. The first kappa shape index (κ1) is 12.9. The lowest BCUT2D eigenvalue weighted by molar-refractivity contribution is 0.0960. The summed E-state index contributed by atoms with van der Waals surface area (Å²) in [5.74, 6) is 4.96. The van der Waals surface area contributed by atoms with Crippen molar-refractivity contribution in [3.05, 3.63) is 0 Å². The minimum absolute atomic E-state index is 0.688. The second-order valence-electron chi connectivity index (χ2n) is 3.98. The highest BCUT2D eigenvalue weighted by Gasteiger charge is 2.14. The number of piperazine rings is 1. The van der Waals surface area contributed by atoms with Crippen molar-refractivity contribution < 1.29 is 4.84 Å². The van der Waals surface area contributed by atoms with Gasteiger partial charge in [0.05, 0.1) is 6.61 Å². The second-order valence-corrected chi connectivity index (χ2v) is 3.98. The maximum absolute atomic E-state index is 4.96. The lowest BCUT2D eigenvalue weighted by Gasteiger charge is -2.33. The SMILES string of the molecule is CNN1CCN(CCCCCON)CC1. The third kappa shape index (κ3) is 5.44. The normalized spacial score (nSPS) is 19.6. The number of nitrogens with two attached hydrogens (primary N) is 1. The van der Waals surface area contributed by atoms with Crippen LogP contribution in [-0.2, 0) is 4.84 Å². The smallest absolute Gasteiger partial charge is 0.0679 e. The highest BCUT2D eigenvalue weighted by Crippen LogP contribution is 2.02. The van der Waals surface area contributed by atoms with Crippen molar-refractivity contribution in [3.8, 4) is 0 Å². The molecular weight excluding hydrogens is 192 g/mol. The lowest BCUT2D eigenvalue weighted by atomic mass is 10.2. The minimum atomic E-state index is 0.688. The molecule has 0 spiro atoms. The molecule has 0 aromatic heterocycles. The van der Waals surface area contributed by atoms with E-state index >= 15 is 0 Å². The second kappa shape index (κ2) is 8.01. The number of rotatable bonds is 7. The minimum Gasteiger partial charge on any atom is -0.305 e. The van der Waals surface area contributed by atoms with Crippen LogP contribution in [0.5, 0.6) is 0 Å². The Labute approximate surface area is 92.5 Å². The maximum Gasteiger partial charge on any atom is 0.0679 e. The lowest BCUT2D eigenvalue weighted by Crippen LogP contribution is -2.50. The number of hydrazine groups is 1. The molecule has 5 heteroatoms. The van der Waals surface area contributed by atoms with Crippen molar-refractivity contribution in [1.29, 1.82) is 0 Å². The first-order valence-corrected chi connectivity index (χ1v) is 5.83. The van der Waals surface area contributed by atoms with Crippen LogP contribution < -0.4 is 11.3 Å². The zero-order valence-electron chi connectivity index (χ0n) is 9.74. The van der Waals surface area contributed by atoms with Crippen LogP contribution in [0.15, 0.2) is 0 Å². The van der Waals surface area contributed by atoms with E-state index in [9.17, 15) is 0 Å². The first-order valence-electron chi connectivity index (χ1n) is 5.83. The van der Waals surface area contributed by atoms with Crippen LogP contribution in [-0.4, -0.2) is 56.3 Å². The Morgan fingerprint density at radius 2 is 1.87 bits per heavy atom. The van der Waals surface area contributed by atoms with Crippen molar-refractivity contribution in [1.82, 2.24) is 15.3 Å². The topological polar surface area (TPSA) is 53.8 Å². The summed E-state index contributed by atoms with van der Waals surface area (Å²) in [4.78, 5) is 7.06. The summed E-state index contributed by atoms with van der Waals surface area (Å²) in [6.07, 6.45) is 3.54. The Hall–Kier alpha value is -0.200. The number of hydrogen-bond donors (Lipinski definition) is 2. The number of nitrogens with one attached hydrogen (secondary N) is 1. The van der Waals surface area contributed by atoms with Gasteiger partial charge in [0, 0.05) is 26.2 Å². The number of nitrogens with zero attached hydrogens (tertiary/aromatic N) is 2. The van der Waals surface area contributed by atoms with Gasteiger partial charge in [-0.05, 0) is 32.9 Å². The van der Waals surface area contributed by atoms with Crippen LogP contribution in [0.3, 0.4) is 0 Å². The summed E-state index contributed by atoms with van der Waals surface area (Å²) in [7, 11) is 1.99. The van der Waals surface area contributed by atoms with Gasteiger partial charge in [-0.25, -0.2) is 10.9 Å². The van der Waals surface area contributed by atoms with E-state index in [4.69, 9.17) is 5.90 Å². The summed E-state index contributed by atoms with van der Waals surface area (Å²) in [6, 6.07) is 0. The van der Waals surface area contributed by atoms with E-state index in [2.05, 4.69) is 20.2 Å². The van der Waals surface area contributed by atoms with Gasteiger partial charge in [0.1, 0.15) is 0 Å². The Morgan fingerprint density at radius 3 is 2.47 bits per heavy atom. The van der Waals surface area contributed by atoms with Gasteiger partial charge in [-0.1, -0.05) is 0 Å². The van der Waals surface area contributed by atoms with Crippen LogP contribution in [0, 0.1) is 0 Å². The molecule has 0 amide bonds. The van der Waals surface area contributed by atoms with E-state index in [0.717, 1.165) is 19.5 Å². The van der Waals surface area contributed by atoms with Gasteiger partial charge in [0.2, 0.25) is 0 Å². The molecule has 0 unspecified atom stereocenters. The van der Waals surface area contributed by atoms with Crippen molar-refractivity contribution in [2.45, 2.75) is 19.3 Å². The summed E-state index contributed by atoms with van der Waals surface area (Å²) in [5.41, 5.74) is 3.18. The molecular formula is C10H24N4O. The van der Waals surface area contributed by atoms with Crippen molar-refractivity contribution >= 4 is 0 Å². The molecule has 15 heavy (non-hydrogen) atoms. The molecule has 0 radical (unpaired) electrons. The van der Waals surface area contributed by atoms with Gasteiger partial charge in [0.25, 0.3) is 0 Å². The Morgan fingerprint density at radius 1 is 1.13 bits per heavy atom. The molecule has 0 aromatic rings. The molecule has 0 aliphatic carbocycles. The third-order valence-corrected chi connectivity index (χ3v) is 2.93. The van der Waals surface area contributed by atoms with E-state index in [-0.39, 0.29) is 0 Å². The fourth-order valence-electron chi connectivity index (χ4n) is 1.89. The Kier molecular flexibility index (Phi) is 6.87. The molecule has 0 aromatic carbocycles. The third-order valence-electron chi connectivity index (χ3n) is 2.93. The zero-order chi connectivity index (χ0) is 10.9. The monoisotopic (exact) mass is 216 g/mol. The number of unbranched alkanes of at least 4 members (excludes halogenated alkanes) is 2. The molecule has 0 saturated carbocycles. The number of hydrogen-bond acceptors (Lipinski definition) is 5. The van der Waals surface area contributed by atoms with Gasteiger partial charge in [0.15, 0.2) is 0 Å². The van der Waals surface area contributed by atoms with Gasteiger partial charge < -0.3 is 9.74 Å². The summed E-state index contributed by atoms with van der Waals surface area (Å²) in [6.45, 7) is 6.50.